The molecule has 4 heteroatoms. The summed E-state index contributed by atoms with van der Waals surface area (Å²) in [6.07, 6.45) is -0.163. The molecule has 0 aliphatic heterocycles. The monoisotopic (exact) mass is 205 g/mol. The largest absolute Gasteiger partial charge is 0.343 e. The number of nitrogens with two attached hydrogens (primary N) is 1. The molecule has 0 fully saturated rings. The van der Waals surface area contributed by atoms with Gasteiger partial charge >= 0.3 is 0 Å². The minimum Gasteiger partial charge on any atom is -0.343 e. The standard InChI is InChI=1S/C10H23NO3/c1-6-13-10(12,14-8(2)11)7-9(3,4)5/h8,12H,6-7,11H2,1-5H3. The van der Waals surface area contributed by atoms with Gasteiger partial charge in [-0.15, -0.1) is 0 Å². The zero-order valence-corrected chi connectivity index (χ0v) is 9.83. The average molecular weight is 205 g/mol. The molecule has 0 aromatic rings. The van der Waals surface area contributed by atoms with Crippen LogP contribution in [0.2, 0.25) is 0 Å². The summed E-state index contributed by atoms with van der Waals surface area (Å²) in [6.45, 7) is 9.86. The third-order valence-electron chi connectivity index (χ3n) is 1.49. The smallest absolute Gasteiger partial charge is 0.282 e. The van der Waals surface area contributed by atoms with E-state index in [-0.39, 0.29) is 5.41 Å². The van der Waals surface area contributed by atoms with Gasteiger partial charge in [-0.05, 0) is 19.3 Å². The first-order valence-corrected chi connectivity index (χ1v) is 4.98. The van der Waals surface area contributed by atoms with Crippen molar-refractivity contribution in [2.75, 3.05) is 6.61 Å². The Bertz CT molecular complexity index is 165. The molecule has 0 bridgehead atoms. The molecule has 0 aliphatic rings. The topological polar surface area (TPSA) is 64.7 Å². The van der Waals surface area contributed by atoms with E-state index in [2.05, 4.69) is 0 Å². The first kappa shape index (κ1) is 13.8. The number of hydrogen-bond donors (Lipinski definition) is 2. The van der Waals surface area contributed by atoms with E-state index in [1.807, 2.05) is 20.8 Å². The highest BCUT2D eigenvalue weighted by molar-refractivity contribution is 4.69. The first-order valence-electron chi connectivity index (χ1n) is 4.98. The van der Waals surface area contributed by atoms with Gasteiger partial charge in [0, 0.05) is 13.0 Å². The maximum absolute atomic E-state index is 9.99. The third-order valence-corrected chi connectivity index (χ3v) is 1.49. The van der Waals surface area contributed by atoms with Crippen LogP contribution in [-0.2, 0) is 9.47 Å². The van der Waals surface area contributed by atoms with Crippen LogP contribution < -0.4 is 5.73 Å². The minimum atomic E-state index is -1.57. The molecule has 2 atom stereocenters. The Kier molecular flexibility index (Phi) is 5.01. The normalized spacial score (nSPS) is 19.1. The summed E-state index contributed by atoms with van der Waals surface area (Å²) in [6, 6.07) is 0. The molecule has 0 radical (unpaired) electrons. The summed E-state index contributed by atoms with van der Waals surface area (Å²) in [4.78, 5) is 0. The fourth-order valence-corrected chi connectivity index (χ4v) is 1.31. The van der Waals surface area contributed by atoms with Crippen molar-refractivity contribution in [3.63, 3.8) is 0 Å². The molecule has 2 unspecified atom stereocenters. The lowest BCUT2D eigenvalue weighted by molar-refractivity contribution is -0.381. The molecule has 0 spiro atoms. The molecule has 4 nitrogen and oxygen atoms in total. The van der Waals surface area contributed by atoms with Crippen LogP contribution in [0.5, 0.6) is 0 Å². The van der Waals surface area contributed by atoms with Crippen LogP contribution in [0, 0.1) is 5.41 Å². The van der Waals surface area contributed by atoms with Crippen molar-refractivity contribution in [2.24, 2.45) is 11.1 Å². The Morgan fingerprint density at radius 3 is 2.14 bits per heavy atom. The molecular formula is C10H23NO3. The fourth-order valence-electron chi connectivity index (χ4n) is 1.31. The molecule has 0 saturated carbocycles. The van der Waals surface area contributed by atoms with E-state index < -0.39 is 12.2 Å². The van der Waals surface area contributed by atoms with E-state index in [0.717, 1.165) is 0 Å². The lowest BCUT2D eigenvalue weighted by Gasteiger charge is -2.34. The van der Waals surface area contributed by atoms with Gasteiger partial charge in [-0.3, -0.25) is 0 Å². The van der Waals surface area contributed by atoms with Gasteiger partial charge in [0.1, 0.15) is 6.23 Å². The minimum absolute atomic E-state index is 0.0845. The Morgan fingerprint density at radius 2 is 1.86 bits per heavy atom. The van der Waals surface area contributed by atoms with Gasteiger partial charge in [0.25, 0.3) is 5.97 Å². The van der Waals surface area contributed by atoms with E-state index >= 15 is 0 Å². The van der Waals surface area contributed by atoms with Gasteiger partial charge in [-0.25, -0.2) is 0 Å². The van der Waals surface area contributed by atoms with Crippen LogP contribution in [0.15, 0.2) is 0 Å². The van der Waals surface area contributed by atoms with E-state index in [9.17, 15) is 5.11 Å². The van der Waals surface area contributed by atoms with Crippen molar-refractivity contribution < 1.29 is 14.6 Å². The van der Waals surface area contributed by atoms with Crippen LogP contribution >= 0.6 is 0 Å². The van der Waals surface area contributed by atoms with E-state index in [1.165, 1.54) is 0 Å². The predicted octanol–water partition coefficient (Wildman–Crippen LogP) is 1.43. The number of aliphatic hydroxyl groups is 1. The average Bonchev–Trinajstić information content (AvgIpc) is 1.78. The molecule has 0 aliphatic carbocycles. The van der Waals surface area contributed by atoms with Crippen molar-refractivity contribution in [1.82, 2.24) is 0 Å². The van der Waals surface area contributed by atoms with Gasteiger partial charge in [-0.1, -0.05) is 20.8 Å². The lowest BCUT2D eigenvalue weighted by Crippen LogP contribution is -2.44. The maximum Gasteiger partial charge on any atom is 0.282 e. The molecule has 86 valence electrons. The van der Waals surface area contributed by atoms with Crippen LogP contribution in [0.4, 0.5) is 0 Å². The summed E-state index contributed by atoms with van der Waals surface area (Å²) in [7, 11) is 0. The zero-order chi connectivity index (χ0) is 11.4. The quantitative estimate of drug-likeness (QED) is 0.666. The van der Waals surface area contributed by atoms with Crippen LogP contribution in [0.25, 0.3) is 0 Å². The fraction of sp³-hybridized carbons (Fsp3) is 1.00. The van der Waals surface area contributed by atoms with Gasteiger partial charge in [0.05, 0.1) is 0 Å². The highest BCUT2D eigenvalue weighted by Gasteiger charge is 2.35. The van der Waals surface area contributed by atoms with Crippen LogP contribution in [0.1, 0.15) is 41.0 Å². The number of rotatable bonds is 5. The second kappa shape index (κ2) is 5.07. The Balaban J connectivity index is 4.38. The van der Waals surface area contributed by atoms with Crippen molar-refractivity contribution >= 4 is 0 Å². The molecule has 0 aromatic heterocycles. The Morgan fingerprint density at radius 1 is 1.36 bits per heavy atom. The molecule has 0 amide bonds. The summed E-state index contributed by atoms with van der Waals surface area (Å²) in [5, 5.41) is 9.99. The second-order valence-corrected chi connectivity index (χ2v) is 4.71. The van der Waals surface area contributed by atoms with Crippen molar-refractivity contribution in [3.8, 4) is 0 Å². The lowest BCUT2D eigenvalue weighted by atomic mass is 9.91. The van der Waals surface area contributed by atoms with Gasteiger partial charge in [0.15, 0.2) is 0 Å². The van der Waals surface area contributed by atoms with Crippen LogP contribution in [0.3, 0.4) is 0 Å². The van der Waals surface area contributed by atoms with Crippen molar-refractivity contribution in [2.45, 2.75) is 53.2 Å². The Labute approximate surface area is 86.4 Å². The number of hydrogen-bond acceptors (Lipinski definition) is 4. The predicted molar refractivity (Wildman–Crippen MR) is 55.4 cm³/mol. The van der Waals surface area contributed by atoms with Crippen molar-refractivity contribution in [1.29, 1.82) is 0 Å². The summed E-state index contributed by atoms with van der Waals surface area (Å²) in [5.41, 5.74) is 5.38. The molecule has 0 saturated heterocycles. The molecular weight excluding hydrogens is 182 g/mol. The summed E-state index contributed by atoms with van der Waals surface area (Å²) < 4.78 is 10.3. The Hall–Kier alpha value is -0.160. The van der Waals surface area contributed by atoms with E-state index in [0.29, 0.717) is 13.0 Å². The van der Waals surface area contributed by atoms with Gasteiger partial charge < -0.3 is 20.3 Å². The highest BCUT2D eigenvalue weighted by atomic mass is 16.8. The van der Waals surface area contributed by atoms with Crippen molar-refractivity contribution in [3.05, 3.63) is 0 Å². The summed E-state index contributed by atoms with van der Waals surface area (Å²) >= 11 is 0. The molecule has 0 heterocycles. The first-order chi connectivity index (χ1) is 6.18. The highest BCUT2D eigenvalue weighted by Crippen LogP contribution is 2.29. The van der Waals surface area contributed by atoms with E-state index in [4.69, 9.17) is 15.2 Å². The van der Waals surface area contributed by atoms with E-state index in [1.54, 1.807) is 13.8 Å². The van der Waals surface area contributed by atoms with Crippen LogP contribution in [-0.4, -0.2) is 23.9 Å². The maximum atomic E-state index is 9.99. The SMILES string of the molecule is CCOC(O)(CC(C)(C)C)OC(C)N. The van der Waals surface area contributed by atoms with Gasteiger partial charge in [0.2, 0.25) is 0 Å². The molecule has 0 aromatic carbocycles. The zero-order valence-electron chi connectivity index (χ0n) is 9.83. The third kappa shape index (κ3) is 6.32. The second-order valence-electron chi connectivity index (χ2n) is 4.71. The molecule has 3 N–H and O–H groups in total. The van der Waals surface area contributed by atoms with Gasteiger partial charge in [-0.2, -0.15) is 0 Å². The molecule has 14 heavy (non-hydrogen) atoms. The molecule has 0 rings (SSSR count). The number of ether oxygens (including phenoxy) is 2. The summed E-state index contributed by atoms with van der Waals surface area (Å²) in [5.74, 6) is -1.57.